The highest BCUT2D eigenvalue weighted by Crippen LogP contribution is 2.30. The third-order valence-corrected chi connectivity index (χ3v) is 5.50. The van der Waals surface area contributed by atoms with E-state index in [0.29, 0.717) is 5.13 Å². The highest BCUT2D eigenvalue weighted by atomic mass is 32.1. The van der Waals surface area contributed by atoms with Gasteiger partial charge in [0, 0.05) is 10.6 Å². The summed E-state index contributed by atoms with van der Waals surface area (Å²) in [6.45, 7) is 0. The van der Waals surface area contributed by atoms with Crippen LogP contribution in [0, 0.1) is 0 Å². The monoisotopic (exact) mass is 313 g/mol. The van der Waals surface area contributed by atoms with Gasteiger partial charge in [0.25, 0.3) is 0 Å². The molecule has 22 heavy (non-hydrogen) atoms. The zero-order chi connectivity index (χ0) is 14.9. The second-order valence-corrected chi connectivity index (χ2v) is 7.10. The van der Waals surface area contributed by atoms with E-state index in [1.54, 1.807) is 11.3 Å². The molecular formula is C17H19N3OS. The summed E-state index contributed by atoms with van der Waals surface area (Å²) in [6, 6.07) is 6.00. The largest absolute Gasteiger partial charge is 0.325 e. The molecule has 0 aliphatic heterocycles. The minimum Gasteiger partial charge on any atom is -0.308 e. The normalized spacial score (nSPS) is 16.0. The standard InChI is InChI=1S/C17H19N3OS/c21-16(18-13-9-8-11-4-3-5-12(11)10-13)20-17-19-14-6-1-2-7-15(14)22-17/h8-10H,1-7H2,(H2,18,19,20,21). The molecule has 0 unspecified atom stereocenters. The first-order valence-corrected chi connectivity index (χ1v) is 8.78. The SMILES string of the molecule is O=C(Nc1ccc2c(c1)CCC2)Nc1nc2c(s1)CCCC2. The van der Waals surface area contributed by atoms with Crippen LogP contribution in [-0.2, 0) is 25.7 Å². The van der Waals surface area contributed by atoms with E-state index in [0.717, 1.165) is 31.4 Å². The molecule has 5 heteroatoms. The van der Waals surface area contributed by atoms with Gasteiger partial charge in [-0.1, -0.05) is 6.07 Å². The summed E-state index contributed by atoms with van der Waals surface area (Å²) in [6.07, 6.45) is 8.07. The van der Waals surface area contributed by atoms with Crippen molar-refractivity contribution in [3.05, 3.63) is 39.9 Å². The van der Waals surface area contributed by atoms with E-state index in [2.05, 4.69) is 27.8 Å². The Morgan fingerprint density at radius 1 is 1.00 bits per heavy atom. The number of hydrogen-bond donors (Lipinski definition) is 2. The minimum atomic E-state index is -0.205. The average Bonchev–Trinajstić information content (AvgIpc) is 3.11. The Kier molecular flexibility index (Phi) is 3.58. The van der Waals surface area contributed by atoms with Gasteiger partial charge in [-0.25, -0.2) is 9.78 Å². The molecule has 0 saturated carbocycles. The number of fused-ring (bicyclic) bond motifs is 2. The Bertz CT molecular complexity index is 699. The van der Waals surface area contributed by atoms with Crippen LogP contribution in [0.5, 0.6) is 0 Å². The lowest BCUT2D eigenvalue weighted by Gasteiger charge is -2.07. The molecule has 2 aromatic rings. The minimum absolute atomic E-state index is 0.205. The lowest BCUT2D eigenvalue weighted by molar-refractivity contribution is 0.262. The summed E-state index contributed by atoms with van der Waals surface area (Å²) in [4.78, 5) is 18.0. The topological polar surface area (TPSA) is 54.0 Å². The van der Waals surface area contributed by atoms with Crippen LogP contribution in [-0.4, -0.2) is 11.0 Å². The Balaban J connectivity index is 1.43. The number of urea groups is 1. The number of thiazole rings is 1. The van der Waals surface area contributed by atoms with Gasteiger partial charge in [0.05, 0.1) is 5.69 Å². The van der Waals surface area contributed by atoms with Crippen molar-refractivity contribution >= 4 is 28.2 Å². The van der Waals surface area contributed by atoms with Gasteiger partial charge < -0.3 is 5.32 Å². The van der Waals surface area contributed by atoms with Crippen LogP contribution in [0.4, 0.5) is 15.6 Å². The van der Waals surface area contributed by atoms with Gasteiger partial charge >= 0.3 is 6.03 Å². The second kappa shape index (κ2) is 5.72. The molecule has 0 bridgehead atoms. The van der Waals surface area contributed by atoms with Crippen LogP contribution < -0.4 is 10.6 Å². The van der Waals surface area contributed by atoms with E-state index in [1.807, 2.05) is 6.07 Å². The van der Waals surface area contributed by atoms with Gasteiger partial charge in [0.1, 0.15) is 0 Å². The van der Waals surface area contributed by atoms with Gasteiger partial charge in [-0.15, -0.1) is 11.3 Å². The lowest BCUT2D eigenvalue weighted by Crippen LogP contribution is -2.19. The van der Waals surface area contributed by atoms with Gasteiger partial charge in [0.15, 0.2) is 5.13 Å². The van der Waals surface area contributed by atoms with E-state index in [4.69, 9.17) is 0 Å². The number of amides is 2. The molecule has 0 spiro atoms. The number of rotatable bonds is 2. The van der Waals surface area contributed by atoms with Crippen LogP contribution in [0.3, 0.4) is 0 Å². The molecule has 1 heterocycles. The Hall–Kier alpha value is -1.88. The zero-order valence-corrected chi connectivity index (χ0v) is 13.3. The molecule has 2 aliphatic carbocycles. The van der Waals surface area contributed by atoms with Crippen molar-refractivity contribution in [2.24, 2.45) is 0 Å². The summed E-state index contributed by atoms with van der Waals surface area (Å²) in [7, 11) is 0. The number of nitrogens with one attached hydrogen (secondary N) is 2. The third-order valence-electron chi connectivity index (χ3n) is 4.42. The Morgan fingerprint density at radius 3 is 2.77 bits per heavy atom. The van der Waals surface area contributed by atoms with Crippen molar-refractivity contribution in [2.75, 3.05) is 10.6 Å². The van der Waals surface area contributed by atoms with Crippen LogP contribution in [0.15, 0.2) is 18.2 Å². The first-order chi connectivity index (χ1) is 10.8. The summed E-state index contributed by atoms with van der Waals surface area (Å²) >= 11 is 1.61. The van der Waals surface area contributed by atoms with Crippen molar-refractivity contribution < 1.29 is 4.79 Å². The van der Waals surface area contributed by atoms with Crippen LogP contribution >= 0.6 is 11.3 Å². The Labute approximate surface area is 134 Å². The molecule has 114 valence electrons. The second-order valence-electron chi connectivity index (χ2n) is 6.01. The number of carbonyl (C=O) groups excluding carboxylic acids is 1. The maximum atomic E-state index is 12.1. The van der Waals surface area contributed by atoms with Gasteiger partial charge in [-0.3, -0.25) is 5.32 Å². The quantitative estimate of drug-likeness (QED) is 0.875. The molecule has 2 amide bonds. The number of benzene rings is 1. The fraction of sp³-hybridized carbons (Fsp3) is 0.412. The van der Waals surface area contributed by atoms with Gasteiger partial charge in [0.2, 0.25) is 0 Å². The summed E-state index contributed by atoms with van der Waals surface area (Å²) in [5.41, 5.74) is 4.81. The molecule has 2 aliphatic rings. The molecule has 4 rings (SSSR count). The Morgan fingerprint density at radius 2 is 1.86 bits per heavy atom. The number of nitrogens with zero attached hydrogens (tertiary/aromatic N) is 1. The third kappa shape index (κ3) is 2.73. The lowest BCUT2D eigenvalue weighted by atomic mass is 10.0. The van der Waals surface area contributed by atoms with E-state index in [9.17, 15) is 4.79 Å². The highest BCUT2D eigenvalue weighted by Gasteiger charge is 2.17. The smallest absolute Gasteiger partial charge is 0.308 e. The summed E-state index contributed by atoms with van der Waals surface area (Å²) in [5, 5.41) is 6.50. The molecule has 4 nitrogen and oxygen atoms in total. The first-order valence-electron chi connectivity index (χ1n) is 7.96. The molecule has 1 aromatic carbocycles. The fourth-order valence-corrected chi connectivity index (χ4v) is 4.36. The van der Waals surface area contributed by atoms with E-state index < -0.39 is 0 Å². The fourth-order valence-electron chi connectivity index (χ4n) is 3.31. The van der Waals surface area contributed by atoms with Crippen LogP contribution in [0.1, 0.15) is 41.0 Å². The molecule has 0 saturated heterocycles. The number of anilines is 2. The van der Waals surface area contributed by atoms with Crippen molar-refractivity contribution in [2.45, 2.75) is 44.9 Å². The number of carbonyl (C=O) groups is 1. The van der Waals surface area contributed by atoms with Crippen LogP contribution in [0.2, 0.25) is 0 Å². The molecule has 1 aromatic heterocycles. The van der Waals surface area contributed by atoms with E-state index >= 15 is 0 Å². The molecule has 0 fully saturated rings. The molecule has 0 atom stereocenters. The highest BCUT2D eigenvalue weighted by molar-refractivity contribution is 7.15. The average molecular weight is 313 g/mol. The van der Waals surface area contributed by atoms with Crippen molar-refractivity contribution in [3.8, 4) is 0 Å². The molecule has 0 radical (unpaired) electrons. The van der Waals surface area contributed by atoms with Crippen molar-refractivity contribution in [3.63, 3.8) is 0 Å². The van der Waals surface area contributed by atoms with Crippen molar-refractivity contribution in [1.29, 1.82) is 0 Å². The summed E-state index contributed by atoms with van der Waals surface area (Å²) in [5.74, 6) is 0. The maximum absolute atomic E-state index is 12.1. The van der Waals surface area contributed by atoms with Crippen molar-refractivity contribution in [1.82, 2.24) is 4.98 Å². The predicted octanol–water partition coefficient (Wildman–Crippen LogP) is 4.15. The van der Waals surface area contributed by atoms with E-state index in [-0.39, 0.29) is 6.03 Å². The number of hydrogen-bond acceptors (Lipinski definition) is 3. The van der Waals surface area contributed by atoms with Gasteiger partial charge in [-0.05, 0) is 68.2 Å². The summed E-state index contributed by atoms with van der Waals surface area (Å²) < 4.78 is 0. The zero-order valence-electron chi connectivity index (χ0n) is 12.4. The molecule has 2 N–H and O–H groups in total. The first kappa shape index (κ1) is 13.8. The maximum Gasteiger partial charge on any atom is 0.325 e. The van der Waals surface area contributed by atoms with Crippen LogP contribution in [0.25, 0.3) is 0 Å². The van der Waals surface area contributed by atoms with Gasteiger partial charge in [-0.2, -0.15) is 0 Å². The van der Waals surface area contributed by atoms with E-state index in [1.165, 1.54) is 41.0 Å². The number of aromatic nitrogens is 1. The molecular weight excluding hydrogens is 294 g/mol. The number of aryl methyl sites for hydroxylation is 4. The predicted molar refractivity (Wildman–Crippen MR) is 89.9 cm³/mol.